The zero-order chi connectivity index (χ0) is 12.8. The van der Waals surface area contributed by atoms with Gasteiger partial charge in [-0.25, -0.2) is 0 Å². The highest BCUT2D eigenvalue weighted by Gasteiger charge is 2.13. The lowest BCUT2D eigenvalue weighted by atomic mass is 10.1. The SMILES string of the molecule is CC(CCC(=O)Nc1ccccc1Cl)C(=O)O. The van der Waals surface area contributed by atoms with E-state index >= 15 is 0 Å². The average Bonchev–Trinajstić information content (AvgIpc) is 2.29. The van der Waals surface area contributed by atoms with Crippen molar-refractivity contribution in [1.29, 1.82) is 0 Å². The van der Waals surface area contributed by atoms with E-state index in [4.69, 9.17) is 16.7 Å². The van der Waals surface area contributed by atoms with E-state index in [1.807, 2.05) is 0 Å². The Labute approximate surface area is 105 Å². The van der Waals surface area contributed by atoms with Gasteiger partial charge in [0.05, 0.1) is 16.6 Å². The number of carboxylic acid groups (broad SMARTS) is 1. The fourth-order valence-electron chi connectivity index (χ4n) is 1.25. The van der Waals surface area contributed by atoms with Crippen molar-refractivity contribution in [2.75, 3.05) is 5.32 Å². The van der Waals surface area contributed by atoms with Crippen molar-refractivity contribution in [3.05, 3.63) is 29.3 Å². The van der Waals surface area contributed by atoms with Crippen molar-refractivity contribution in [3.63, 3.8) is 0 Å². The Morgan fingerprint density at radius 2 is 2.06 bits per heavy atom. The zero-order valence-electron chi connectivity index (χ0n) is 9.44. The highest BCUT2D eigenvalue weighted by atomic mass is 35.5. The molecule has 0 aliphatic carbocycles. The molecule has 1 rings (SSSR count). The predicted molar refractivity (Wildman–Crippen MR) is 66.1 cm³/mol. The maximum atomic E-state index is 11.5. The number of rotatable bonds is 5. The Morgan fingerprint density at radius 3 is 2.65 bits per heavy atom. The molecule has 0 saturated carbocycles. The molecule has 0 saturated heterocycles. The third-order valence-corrected chi connectivity index (χ3v) is 2.70. The molecule has 0 fully saturated rings. The van der Waals surface area contributed by atoms with Crippen LogP contribution in [0.3, 0.4) is 0 Å². The number of hydrogen-bond acceptors (Lipinski definition) is 2. The van der Waals surface area contributed by atoms with Gasteiger partial charge in [0, 0.05) is 6.42 Å². The zero-order valence-corrected chi connectivity index (χ0v) is 10.2. The highest BCUT2D eigenvalue weighted by molar-refractivity contribution is 6.33. The predicted octanol–water partition coefficient (Wildman–Crippen LogP) is 2.78. The van der Waals surface area contributed by atoms with Crippen LogP contribution in [0.2, 0.25) is 5.02 Å². The van der Waals surface area contributed by atoms with Gasteiger partial charge in [0.2, 0.25) is 5.91 Å². The van der Waals surface area contributed by atoms with E-state index in [1.165, 1.54) is 0 Å². The smallest absolute Gasteiger partial charge is 0.306 e. The number of nitrogens with one attached hydrogen (secondary N) is 1. The molecular weight excluding hydrogens is 242 g/mol. The Morgan fingerprint density at radius 1 is 1.41 bits per heavy atom. The number of para-hydroxylation sites is 1. The number of halogens is 1. The van der Waals surface area contributed by atoms with Gasteiger partial charge >= 0.3 is 5.97 Å². The van der Waals surface area contributed by atoms with Gasteiger partial charge in [-0.15, -0.1) is 0 Å². The summed E-state index contributed by atoms with van der Waals surface area (Å²) < 4.78 is 0. The molecule has 92 valence electrons. The first-order valence-corrected chi connectivity index (χ1v) is 5.65. The van der Waals surface area contributed by atoms with E-state index in [0.29, 0.717) is 17.1 Å². The van der Waals surface area contributed by atoms with Crippen LogP contribution in [0.25, 0.3) is 0 Å². The van der Waals surface area contributed by atoms with Crippen LogP contribution in [0.5, 0.6) is 0 Å². The summed E-state index contributed by atoms with van der Waals surface area (Å²) in [5.74, 6) is -1.64. The van der Waals surface area contributed by atoms with Gasteiger partial charge in [-0.2, -0.15) is 0 Å². The van der Waals surface area contributed by atoms with E-state index in [-0.39, 0.29) is 12.3 Å². The summed E-state index contributed by atoms with van der Waals surface area (Å²) in [5, 5.41) is 11.8. The van der Waals surface area contributed by atoms with Crippen molar-refractivity contribution in [2.24, 2.45) is 5.92 Å². The topological polar surface area (TPSA) is 66.4 Å². The van der Waals surface area contributed by atoms with Crippen molar-refractivity contribution < 1.29 is 14.7 Å². The second-order valence-electron chi connectivity index (χ2n) is 3.81. The fraction of sp³-hybridized carbons (Fsp3) is 0.333. The normalized spacial score (nSPS) is 11.9. The third-order valence-electron chi connectivity index (χ3n) is 2.37. The molecule has 1 atom stereocenters. The molecule has 1 aromatic carbocycles. The summed E-state index contributed by atoms with van der Waals surface area (Å²) in [6, 6.07) is 6.91. The van der Waals surface area contributed by atoms with Crippen LogP contribution < -0.4 is 5.32 Å². The van der Waals surface area contributed by atoms with Crippen LogP contribution in [-0.4, -0.2) is 17.0 Å². The number of carbonyl (C=O) groups excluding carboxylic acids is 1. The lowest BCUT2D eigenvalue weighted by Gasteiger charge is -2.08. The standard InChI is InChI=1S/C12H14ClNO3/c1-8(12(16)17)6-7-11(15)14-10-5-3-2-4-9(10)13/h2-5,8H,6-7H2,1H3,(H,14,15)(H,16,17). The second kappa shape index (κ2) is 6.25. The summed E-state index contributed by atoms with van der Waals surface area (Å²) >= 11 is 5.87. The first kappa shape index (κ1) is 13.5. The molecule has 1 amide bonds. The van der Waals surface area contributed by atoms with Gasteiger partial charge in [-0.3, -0.25) is 9.59 Å². The summed E-state index contributed by atoms with van der Waals surface area (Å²) in [6.45, 7) is 1.57. The first-order valence-electron chi connectivity index (χ1n) is 5.28. The molecule has 17 heavy (non-hydrogen) atoms. The summed E-state index contributed by atoms with van der Waals surface area (Å²) in [7, 11) is 0. The number of carbonyl (C=O) groups is 2. The molecule has 4 nitrogen and oxygen atoms in total. The minimum absolute atomic E-state index is 0.165. The van der Waals surface area contributed by atoms with Gasteiger partial charge in [-0.05, 0) is 18.6 Å². The number of amides is 1. The average molecular weight is 256 g/mol. The van der Waals surface area contributed by atoms with Gasteiger partial charge in [0.25, 0.3) is 0 Å². The first-order chi connectivity index (χ1) is 8.00. The Kier molecular flexibility index (Phi) is 4.97. The molecule has 0 heterocycles. The van der Waals surface area contributed by atoms with E-state index < -0.39 is 11.9 Å². The molecule has 1 unspecified atom stereocenters. The maximum absolute atomic E-state index is 11.5. The lowest BCUT2D eigenvalue weighted by molar-refractivity contribution is -0.141. The van der Waals surface area contributed by atoms with E-state index in [9.17, 15) is 9.59 Å². The summed E-state index contributed by atoms with van der Waals surface area (Å²) in [5.41, 5.74) is 0.544. The second-order valence-corrected chi connectivity index (χ2v) is 4.21. The molecule has 0 aromatic heterocycles. The summed E-state index contributed by atoms with van der Waals surface area (Å²) in [6.07, 6.45) is 0.476. The monoisotopic (exact) mass is 255 g/mol. The fourth-order valence-corrected chi connectivity index (χ4v) is 1.43. The molecule has 0 aliphatic rings. The van der Waals surface area contributed by atoms with E-state index in [0.717, 1.165) is 0 Å². The number of benzene rings is 1. The Bertz CT molecular complexity index is 420. The van der Waals surface area contributed by atoms with Crippen molar-refractivity contribution in [3.8, 4) is 0 Å². The Balaban J connectivity index is 2.46. The van der Waals surface area contributed by atoms with Gasteiger partial charge in [-0.1, -0.05) is 30.7 Å². The largest absolute Gasteiger partial charge is 0.481 e. The number of hydrogen-bond donors (Lipinski definition) is 2. The minimum atomic E-state index is -0.893. The molecule has 0 radical (unpaired) electrons. The van der Waals surface area contributed by atoms with Gasteiger partial charge in [0.15, 0.2) is 0 Å². The van der Waals surface area contributed by atoms with Crippen LogP contribution >= 0.6 is 11.6 Å². The van der Waals surface area contributed by atoms with Crippen LogP contribution in [0.1, 0.15) is 19.8 Å². The molecule has 0 spiro atoms. The van der Waals surface area contributed by atoms with Crippen molar-refractivity contribution >= 4 is 29.2 Å². The highest BCUT2D eigenvalue weighted by Crippen LogP contribution is 2.20. The minimum Gasteiger partial charge on any atom is -0.481 e. The number of anilines is 1. The lowest BCUT2D eigenvalue weighted by Crippen LogP contribution is -2.16. The van der Waals surface area contributed by atoms with Crippen LogP contribution in [0, 0.1) is 5.92 Å². The molecule has 1 aromatic rings. The van der Waals surface area contributed by atoms with E-state index in [1.54, 1.807) is 31.2 Å². The van der Waals surface area contributed by atoms with Crippen LogP contribution in [0.4, 0.5) is 5.69 Å². The van der Waals surface area contributed by atoms with Crippen molar-refractivity contribution in [1.82, 2.24) is 0 Å². The van der Waals surface area contributed by atoms with Crippen molar-refractivity contribution in [2.45, 2.75) is 19.8 Å². The molecule has 2 N–H and O–H groups in total. The third kappa shape index (κ3) is 4.44. The number of aliphatic carboxylic acids is 1. The molecule has 0 bridgehead atoms. The summed E-state index contributed by atoms with van der Waals surface area (Å²) in [4.78, 5) is 22.1. The maximum Gasteiger partial charge on any atom is 0.306 e. The van der Waals surface area contributed by atoms with Gasteiger partial charge in [0.1, 0.15) is 0 Å². The van der Waals surface area contributed by atoms with Crippen LogP contribution in [0.15, 0.2) is 24.3 Å². The van der Waals surface area contributed by atoms with Crippen LogP contribution in [-0.2, 0) is 9.59 Å². The Hall–Kier alpha value is -1.55. The van der Waals surface area contributed by atoms with E-state index in [2.05, 4.69) is 5.32 Å². The number of carboxylic acids is 1. The molecule has 5 heteroatoms. The van der Waals surface area contributed by atoms with Gasteiger partial charge < -0.3 is 10.4 Å². The quantitative estimate of drug-likeness (QED) is 0.850. The molecule has 0 aliphatic heterocycles. The molecular formula is C12H14ClNO3.